The Kier molecular flexibility index (Phi) is 12.8. The van der Waals surface area contributed by atoms with Crippen molar-refractivity contribution in [1.29, 1.82) is 0 Å². The third kappa shape index (κ3) is 8.12. The lowest BCUT2D eigenvalue weighted by Crippen LogP contribution is -2.40. The zero-order valence-electron chi connectivity index (χ0n) is 30.0. The Balaban J connectivity index is 1.43. The van der Waals surface area contributed by atoms with Crippen LogP contribution in [-0.4, -0.2) is 116 Å². The van der Waals surface area contributed by atoms with E-state index in [2.05, 4.69) is 10.3 Å². The molecule has 4 atom stereocenters. The molecule has 0 bridgehead atoms. The van der Waals surface area contributed by atoms with Gasteiger partial charge in [0.25, 0.3) is 6.48 Å². The summed E-state index contributed by atoms with van der Waals surface area (Å²) < 4.78 is 46.7. The van der Waals surface area contributed by atoms with Crippen molar-refractivity contribution in [2.75, 3.05) is 66.8 Å². The first-order chi connectivity index (χ1) is 26.0. The van der Waals surface area contributed by atoms with E-state index in [-0.39, 0.29) is 26.4 Å². The van der Waals surface area contributed by atoms with Gasteiger partial charge >= 0.3 is 0 Å². The van der Waals surface area contributed by atoms with Gasteiger partial charge in [0.2, 0.25) is 0 Å². The van der Waals surface area contributed by atoms with E-state index < -0.39 is 43.2 Å². The summed E-state index contributed by atoms with van der Waals surface area (Å²) in [5, 5.41) is 25.1. The lowest BCUT2D eigenvalue weighted by molar-refractivity contribution is -0.321. The van der Waals surface area contributed by atoms with Crippen LogP contribution in [-0.2, 0) is 34.0 Å². The van der Waals surface area contributed by atoms with Gasteiger partial charge in [-0.15, -0.1) is 0 Å². The molecule has 6 rings (SSSR count). The first-order valence-corrected chi connectivity index (χ1v) is 17.1. The van der Waals surface area contributed by atoms with Gasteiger partial charge in [0.1, 0.15) is 41.7 Å². The smallest absolute Gasteiger partial charge is 0.272 e. The number of aromatic nitrogens is 4. The van der Waals surface area contributed by atoms with E-state index in [1.165, 1.54) is 12.7 Å². The summed E-state index contributed by atoms with van der Waals surface area (Å²) >= 11 is 0. The fourth-order valence-electron chi connectivity index (χ4n) is 6.34. The number of ether oxygens (including phenoxy) is 8. The van der Waals surface area contributed by atoms with Gasteiger partial charge in [0.15, 0.2) is 23.2 Å². The Hall–Kier alpha value is -4.71. The van der Waals surface area contributed by atoms with Crippen molar-refractivity contribution in [2.45, 2.75) is 36.6 Å². The SMILES string of the molecule is COCCOC(OCCOC)O[C@@H]1[C@H]([18OH])[C@@H](CO)O[C@H]1n1cnc2c(NC(c3ccccc3)(c3ccc(OC)cc3)c3ccc(OC)cc3)ncnc21. The number of fused-ring (bicyclic) bond motifs is 1. The predicted octanol–water partition coefficient (Wildman–Crippen LogP) is 3.49. The van der Waals surface area contributed by atoms with Gasteiger partial charge in [-0.25, -0.2) is 15.0 Å². The number of benzene rings is 3. The number of nitrogens with zero attached hydrogens (tertiary/aromatic N) is 4. The Morgan fingerprint density at radius 2 is 1.38 bits per heavy atom. The van der Waals surface area contributed by atoms with E-state index in [4.69, 9.17) is 47.9 Å². The van der Waals surface area contributed by atoms with Crippen LogP contribution in [0.5, 0.6) is 11.5 Å². The average Bonchev–Trinajstić information content (AvgIpc) is 3.78. The largest absolute Gasteiger partial charge is 0.497 e. The van der Waals surface area contributed by atoms with Crippen molar-refractivity contribution in [3.63, 3.8) is 0 Å². The van der Waals surface area contributed by atoms with E-state index >= 15 is 0 Å². The van der Waals surface area contributed by atoms with Crippen molar-refractivity contribution in [2.24, 2.45) is 0 Å². The molecule has 0 unspecified atom stereocenters. The minimum atomic E-state index is -1.25. The maximum Gasteiger partial charge on any atom is 0.272 e. The molecule has 1 aliphatic rings. The summed E-state index contributed by atoms with van der Waals surface area (Å²) in [4.78, 5) is 14.0. The molecule has 1 aliphatic heterocycles. The topological polar surface area (TPSA) is 170 Å². The molecule has 0 radical (unpaired) electrons. The van der Waals surface area contributed by atoms with E-state index in [1.54, 1.807) is 33.0 Å². The molecule has 15 nitrogen and oxygen atoms in total. The number of rotatable bonds is 19. The van der Waals surface area contributed by atoms with Crippen LogP contribution in [0.25, 0.3) is 11.2 Å². The number of methoxy groups -OCH3 is 4. The number of hydrogen-bond acceptors (Lipinski definition) is 14. The first-order valence-electron chi connectivity index (χ1n) is 17.1. The monoisotopic (exact) mass is 733 g/mol. The molecule has 5 aromatic rings. The van der Waals surface area contributed by atoms with Crippen molar-refractivity contribution in [1.82, 2.24) is 19.5 Å². The van der Waals surface area contributed by atoms with Gasteiger partial charge in [0, 0.05) is 14.2 Å². The third-order valence-corrected chi connectivity index (χ3v) is 9.04. The number of imidazole rings is 1. The Labute approximate surface area is 307 Å². The second-order valence-electron chi connectivity index (χ2n) is 12.1. The van der Waals surface area contributed by atoms with Gasteiger partial charge in [-0.2, -0.15) is 0 Å². The van der Waals surface area contributed by atoms with Crippen LogP contribution in [0.4, 0.5) is 5.82 Å². The molecular weight excluding hydrogens is 688 g/mol. The zero-order chi connectivity index (χ0) is 37.2. The van der Waals surface area contributed by atoms with Crippen LogP contribution in [0, 0.1) is 0 Å². The summed E-state index contributed by atoms with van der Waals surface area (Å²) in [7, 11) is 6.36. The van der Waals surface area contributed by atoms with Crippen molar-refractivity contribution in [3.8, 4) is 11.5 Å². The minimum Gasteiger partial charge on any atom is -0.497 e. The second-order valence-corrected chi connectivity index (χ2v) is 12.1. The Morgan fingerprint density at radius 1 is 0.792 bits per heavy atom. The highest BCUT2D eigenvalue weighted by molar-refractivity contribution is 5.84. The molecule has 0 amide bonds. The molecular formula is C38H45N5O10. The van der Waals surface area contributed by atoms with E-state index in [9.17, 15) is 10.2 Å². The van der Waals surface area contributed by atoms with Crippen molar-refractivity contribution < 1.29 is 48.1 Å². The maximum absolute atomic E-state index is 11.3. The highest BCUT2D eigenvalue weighted by Gasteiger charge is 2.47. The summed E-state index contributed by atoms with van der Waals surface area (Å²) in [6, 6.07) is 25.7. The average molecular weight is 734 g/mol. The minimum absolute atomic E-state index is 0.160. The van der Waals surface area contributed by atoms with Gasteiger partial charge in [-0.3, -0.25) is 4.57 Å². The molecule has 1 saturated heterocycles. The molecule has 3 aromatic carbocycles. The summed E-state index contributed by atoms with van der Waals surface area (Å²) in [5.41, 5.74) is 2.53. The van der Waals surface area contributed by atoms with Gasteiger partial charge in [-0.05, 0) is 41.0 Å². The molecule has 15 heteroatoms. The number of nitrogens with one attached hydrogen (secondary N) is 1. The van der Waals surface area contributed by atoms with Crippen LogP contribution in [0.2, 0.25) is 0 Å². The van der Waals surface area contributed by atoms with Crippen LogP contribution < -0.4 is 14.8 Å². The molecule has 0 saturated carbocycles. The van der Waals surface area contributed by atoms with Crippen LogP contribution in [0.3, 0.4) is 0 Å². The lowest BCUT2D eigenvalue weighted by Gasteiger charge is -2.37. The summed E-state index contributed by atoms with van der Waals surface area (Å²) in [6.45, 7) is -0.770. The highest BCUT2D eigenvalue weighted by atomic mass is 18.2. The lowest BCUT2D eigenvalue weighted by atomic mass is 9.77. The second kappa shape index (κ2) is 17.9. The predicted molar refractivity (Wildman–Crippen MR) is 193 cm³/mol. The molecule has 3 N–H and O–H groups in total. The molecule has 53 heavy (non-hydrogen) atoms. The quantitative estimate of drug-likeness (QED) is 0.0488. The van der Waals surface area contributed by atoms with Gasteiger partial charge < -0.3 is 53.4 Å². The van der Waals surface area contributed by atoms with E-state index in [0.29, 0.717) is 28.5 Å². The molecule has 3 heterocycles. The number of hydrogen-bond donors (Lipinski definition) is 3. The number of aliphatic hydroxyl groups is 2. The van der Waals surface area contributed by atoms with Crippen molar-refractivity contribution in [3.05, 3.63) is 108 Å². The van der Waals surface area contributed by atoms with E-state index in [0.717, 1.165) is 16.7 Å². The van der Waals surface area contributed by atoms with Gasteiger partial charge in [-0.1, -0.05) is 54.6 Å². The fourth-order valence-corrected chi connectivity index (χ4v) is 6.34. The zero-order valence-corrected chi connectivity index (χ0v) is 30.0. The third-order valence-electron chi connectivity index (χ3n) is 9.04. The molecule has 0 spiro atoms. The van der Waals surface area contributed by atoms with Crippen LogP contribution in [0.15, 0.2) is 91.5 Å². The van der Waals surface area contributed by atoms with Crippen molar-refractivity contribution >= 4 is 17.0 Å². The fraction of sp³-hybridized carbons (Fsp3) is 0.395. The normalized spacial score (nSPS) is 18.8. The highest BCUT2D eigenvalue weighted by Crippen LogP contribution is 2.42. The summed E-state index contributed by atoms with van der Waals surface area (Å²) in [5.74, 6) is 1.84. The number of aliphatic hydroxyl groups excluding tert-OH is 2. The standard InChI is InChI=1S/C38H45N5O10/c1-46-18-20-50-37(51-21-19-47-2)53-33-32(45)30(22-44)52-36(33)43-24-41-31-34(39-23-40-35(31)43)42-38(25-8-6-5-7-9-25,26-10-14-28(48-3)15-11-26)27-12-16-29(49-4)17-13-27/h5-17,23-24,30,32-33,36-37,44-45H,18-22H2,1-4H3,(H,39,40,42)/t30-,32-,33-,36-/m1/s1/i45+2. The molecule has 0 aliphatic carbocycles. The van der Waals surface area contributed by atoms with E-state index in [1.807, 2.05) is 78.9 Å². The van der Waals surface area contributed by atoms with Crippen LogP contribution >= 0.6 is 0 Å². The van der Waals surface area contributed by atoms with Crippen LogP contribution in [0.1, 0.15) is 22.9 Å². The molecule has 1 fully saturated rings. The maximum atomic E-state index is 11.3. The molecule has 282 valence electrons. The summed E-state index contributed by atoms with van der Waals surface area (Å²) in [6.07, 6.45) is -1.32. The first kappa shape index (κ1) is 38.0. The number of anilines is 1. The molecule has 2 aromatic heterocycles. The Bertz CT molecular complexity index is 1800. The Morgan fingerprint density at radius 3 is 1.92 bits per heavy atom. The van der Waals surface area contributed by atoms with Gasteiger partial charge in [0.05, 0.1) is 53.6 Å².